The molecule has 2 atom stereocenters. The maximum atomic E-state index is 4.07. The molecular formula is C22H27N5. The minimum atomic E-state index is 0.183. The number of nitrogens with zero attached hydrogens (tertiary/aromatic N) is 3. The number of hydrogen-bond acceptors (Lipinski definition) is 4. The molecule has 5 heteroatoms. The number of aromatic amines is 1. The molecule has 1 aromatic heterocycles. The number of H-pyrrole nitrogens is 1. The summed E-state index contributed by atoms with van der Waals surface area (Å²) in [6, 6.07) is 19.9. The Balaban J connectivity index is 1.58. The summed E-state index contributed by atoms with van der Waals surface area (Å²) in [6.07, 6.45) is 6.81. The van der Waals surface area contributed by atoms with Crippen molar-refractivity contribution in [2.75, 3.05) is 0 Å². The standard InChI is InChI=1S/C22H27N5/c1-16(17-8-4-2-5-9-17)23-21(18-10-6-3-7-11-18)19-12-14-20(15-13-19)22-24-26-27-25-22/h3,6-7,10-17,21,23H,2,4-5,8-9H2,1H3,(H,24,25,26,27)/t16-,21?/m1/s1. The van der Waals surface area contributed by atoms with Crippen LogP contribution in [0.1, 0.15) is 56.2 Å². The third-order valence-electron chi connectivity index (χ3n) is 5.77. The van der Waals surface area contributed by atoms with Crippen LogP contribution in [0.25, 0.3) is 11.4 Å². The lowest BCUT2D eigenvalue weighted by Gasteiger charge is -2.32. The van der Waals surface area contributed by atoms with Gasteiger partial charge in [-0.05, 0) is 42.0 Å². The largest absolute Gasteiger partial charge is 0.303 e. The number of hydrogen-bond donors (Lipinski definition) is 2. The minimum absolute atomic E-state index is 0.183. The molecule has 0 radical (unpaired) electrons. The van der Waals surface area contributed by atoms with Gasteiger partial charge in [0.25, 0.3) is 0 Å². The van der Waals surface area contributed by atoms with Crippen molar-refractivity contribution in [3.8, 4) is 11.4 Å². The first-order valence-corrected chi connectivity index (χ1v) is 9.96. The van der Waals surface area contributed by atoms with Gasteiger partial charge in [-0.3, -0.25) is 0 Å². The van der Waals surface area contributed by atoms with Gasteiger partial charge in [-0.1, -0.05) is 73.9 Å². The van der Waals surface area contributed by atoms with Crippen molar-refractivity contribution >= 4 is 0 Å². The average Bonchev–Trinajstić information content (AvgIpc) is 3.28. The van der Waals surface area contributed by atoms with Crippen molar-refractivity contribution in [1.29, 1.82) is 0 Å². The molecule has 1 aliphatic rings. The molecule has 0 amide bonds. The lowest BCUT2D eigenvalue weighted by molar-refractivity contribution is 0.272. The number of tetrazole rings is 1. The Morgan fingerprint density at radius 3 is 2.30 bits per heavy atom. The predicted octanol–water partition coefficient (Wildman–Crippen LogP) is 4.51. The summed E-state index contributed by atoms with van der Waals surface area (Å²) < 4.78 is 0. The smallest absolute Gasteiger partial charge is 0.204 e. The highest BCUT2D eigenvalue weighted by Crippen LogP contribution is 2.30. The molecule has 0 saturated heterocycles. The Labute approximate surface area is 160 Å². The molecule has 2 N–H and O–H groups in total. The summed E-state index contributed by atoms with van der Waals surface area (Å²) in [5, 5.41) is 18.2. The van der Waals surface area contributed by atoms with Crippen molar-refractivity contribution in [3.63, 3.8) is 0 Å². The van der Waals surface area contributed by atoms with Crippen LogP contribution in [0.5, 0.6) is 0 Å². The summed E-state index contributed by atoms with van der Waals surface area (Å²) in [5.41, 5.74) is 3.53. The second-order valence-corrected chi connectivity index (χ2v) is 7.55. The molecule has 1 aliphatic carbocycles. The van der Waals surface area contributed by atoms with Crippen molar-refractivity contribution < 1.29 is 0 Å². The predicted molar refractivity (Wildman–Crippen MR) is 107 cm³/mol. The van der Waals surface area contributed by atoms with E-state index < -0.39 is 0 Å². The Morgan fingerprint density at radius 2 is 1.63 bits per heavy atom. The minimum Gasteiger partial charge on any atom is -0.303 e. The van der Waals surface area contributed by atoms with Gasteiger partial charge < -0.3 is 5.32 Å². The van der Waals surface area contributed by atoms with Crippen LogP contribution < -0.4 is 5.32 Å². The van der Waals surface area contributed by atoms with Gasteiger partial charge in [-0.15, -0.1) is 10.2 Å². The summed E-state index contributed by atoms with van der Waals surface area (Å²) >= 11 is 0. The molecule has 140 valence electrons. The van der Waals surface area contributed by atoms with Gasteiger partial charge in [-0.25, -0.2) is 0 Å². The Morgan fingerprint density at radius 1 is 0.926 bits per heavy atom. The Kier molecular flexibility index (Phi) is 5.58. The van der Waals surface area contributed by atoms with Gasteiger partial charge >= 0.3 is 0 Å². The van der Waals surface area contributed by atoms with Crippen LogP contribution in [0.3, 0.4) is 0 Å². The second-order valence-electron chi connectivity index (χ2n) is 7.55. The maximum Gasteiger partial charge on any atom is 0.204 e. The van der Waals surface area contributed by atoms with Gasteiger partial charge in [0.2, 0.25) is 5.82 Å². The number of rotatable bonds is 6. The maximum absolute atomic E-state index is 4.07. The molecule has 27 heavy (non-hydrogen) atoms. The van der Waals surface area contributed by atoms with Crippen molar-refractivity contribution in [2.24, 2.45) is 5.92 Å². The second kappa shape index (κ2) is 8.44. The van der Waals surface area contributed by atoms with Crippen molar-refractivity contribution in [2.45, 2.75) is 51.1 Å². The molecule has 4 rings (SSSR count). The monoisotopic (exact) mass is 361 g/mol. The highest BCUT2D eigenvalue weighted by Gasteiger charge is 2.24. The molecule has 1 saturated carbocycles. The fourth-order valence-corrected chi connectivity index (χ4v) is 4.17. The third-order valence-corrected chi connectivity index (χ3v) is 5.77. The molecule has 1 fully saturated rings. The highest BCUT2D eigenvalue weighted by atomic mass is 15.5. The van der Waals surface area contributed by atoms with Crippen molar-refractivity contribution in [1.82, 2.24) is 25.9 Å². The zero-order chi connectivity index (χ0) is 18.5. The van der Waals surface area contributed by atoms with E-state index >= 15 is 0 Å². The highest BCUT2D eigenvalue weighted by molar-refractivity contribution is 5.54. The van der Waals surface area contributed by atoms with E-state index in [1.165, 1.54) is 43.2 Å². The van der Waals surface area contributed by atoms with E-state index in [2.05, 4.69) is 87.5 Å². The molecule has 5 nitrogen and oxygen atoms in total. The van der Waals surface area contributed by atoms with Gasteiger partial charge in [0, 0.05) is 11.6 Å². The molecule has 0 bridgehead atoms. The van der Waals surface area contributed by atoms with E-state index in [1.807, 2.05) is 0 Å². The van der Waals surface area contributed by atoms with E-state index in [4.69, 9.17) is 0 Å². The first-order chi connectivity index (χ1) is 13.3. The normalized spacial score (nSPS) is 17.5. The van der Waals surface area contributed by atoms with E-state index in [9.17, 15) is 0 Å². The van der Waals surface area contributed by atoms with Crippen LogP contribution in [0.2, 0.25) is 0 Å². The quantitative estimate of drug-likeness (QED) is 0.678. The lowest BCUT2D eigenvalue weighted by Crippen LogP contribution is -2.37. The van der Waals surface area contributed by atoms with Crippen LogP contribution in [0.4, 0.5) is 0 Å². The summed E-state index contributed by atoms with van der Waals surface area (Å²) in [4.78, 5) is 0. The van der Waals surface area contributed by atoms with E-state index in [-0.39, 0.29) is 6.04 Å². The molecule has 3 aromatic rings. The van der Waals surface area contributed by atoms with Crippen LogP contribution in [-0.4, -0.2) is 26.7 Å². The van der Waals surface area contributed by atoms with Crippen molar-refractivity contribution in [3.05, 3.63) is 65.7 Å². The lowest BCUT2D eigenvalue weighted by atomic mass is 9.83. The third kappa shape index (κ3) is 4.25. The zero-order valence-corrected chi connectivity index (χ0v) is 15.8. The molecule has 0 aliphatic heterocycles. The van der Waals surface area contributed by atoms with Gasteiger partial charge in [0.1, 0.15) is 0 Å². The fourth-order valence-electron chi connectivity index (χ4n) is 4.17. The first kappa shape index (κ1) is 17.9. The molecule has 0 spiro atoms. The molecule has 1 heterocycles. The average molecular weight is 361 g/mol. The zero-order valence-electron chi connectivity index (χ0n) is 15.8. The number of nitrogens with one attached hydrogen (secondary N) is 2. The van der Waals surface area contributed by atoms with Gasteiger partial charge in [0.15, 0.2) is 0 Å². The topological polar surface area (TPSA) is 66.5 Å². The Hall–Kier alpha value is -2.53. The van der Waals surface area contributed by atoms with Gasteiger partial charge in [-0.2, -0.15) is 5.21 Å². The van der Waals surface area contributed by atoms with E-state index in [0.717, 1.165) is 11.5 Å². The van der Waals surface area contributed by atoms with Crippen LogP contribution >= 0.6 is 0 Å². The fraction of sp³-hybridized carbons (Fsp3) is 0.409. The van der Waals surface area contributed by atoms with E-state index in [0.29, 0.717) is 11.9 Å². The SMILES string of the molecule is C[C@@H](NC(c1ccccc1)c1ccc(-c2nn[nH]n2)cc1)C1CCCCC1. The number of aromatic nitrogens is 4. The van der Waals surface area contributed by atoms with Crippen LogP contribution in [0.15, 0.2) is 54.6 Å². The summed E-state index contributed by atoms with van der Waals surface area (Å²) in [7, 11) is 0. The Bertz CT molecular complexity index is 808. The summed E-state index contributed by atoms with van der Waals surface area (Å²) in [5.74, 6) is 1.39. The number of benzene rings is 2. The van der Waals surface area contributed by atoms with Crippen LogP contribution in [-0.2, 0) is 0 Å². The molecular weight excluding hydrogens is 334 g/mol. The molecule has 2 aromatic carbocycles. The first-order valence-electron chi connectivity index (χ1n) is 9.96. The van der Waals surface area contributed by atoms with Gasteiger partial charge in [0.05, 0.1) is 6.04 Å². The van der Waals surface area contributed by atoms with E-state index in [1.54, 1.807) is 0 Å². The summed E-state index contributed by atoms with van der Waals surface area (Å²) in [6.45, 7) is 2.35. The van der Waals surface area contributed by atoms with Crippen LogP contribution in [0, 0.1) is 5.92 Å². The molecule has 1 unspecified atom stereocenters.